The molecule has 0 bridgehead atoms. The molecule has 4 rings (SSSR count). The van der Waals surface area contributed by atoms with E-state index in [1.165, 1.54) is 7.11 Å². The molecule has 1 heterocycles. The Kier molecular flexibility index (Phi) is 4.54. The summed E-state index contributed by atoms with van der Waals surface area (Å²) < 4.78 is 5.14. The van der Waals surface area contributed by atoms with Crippen LogP contribution in [0.1, 0.15) is 22.8 Å². The van der Waals surface area contributed by atoms with Crippen LogP contribution in [-0.4, -0.2) is 36.3 Å². The second-order valence-electron chi connectivity index (χ2n) is 7.13. The van der Waals surface area contributed by atoms with E-state index in [1.807, 2.05) is 42.5 Å². The van der Waals surface area contributed by atoms with Crippen molar-refractivity contribution < 1.29 is 19.1 Å². The van der Waals surface area contributed by atoms with Crippen molar-refractivity contribution in [3.05, 3.63) is 77.9 Å². The lowest BCUT2D eigenvalue weighted by molar-refractivity contribution is -0.130. The lowest BCUT2D eigenvalue weighted by atomic mass is 9.88. The van der Waals surface area contributed by atoms with Crippen LogP contribution in [0.25, 0.3) is 10.8 Å². The van der Waals surface area contributed by atoms with Gasteiger partial charge in [-0.1, -0.05) is 54.6 Å². The lowest BCUT2D eigenvalue weighted by Gasteiger charge is -2.24. The van der Waals surface area contributed by atoms with E-state index in [0.29, 0.717) is 16.9 Å². The molecular weight excluding hydrogens is 368 g/mol. The van der Waals surface area contributed by atoms with Crippen molar-refractivity contribution in [1.29, 1.82) is 0 Å². The minimum atomic E-state index is -1.24. The van der Waals surface area contributed by atoms with Crippen LogP contribution in [0.2, 0.25) is 0 Å². The molecule has 3 aromatic carbocycles. The number of carbonyl (C=O) groups excluding carboxylic acids is 3. The zero-order valence-electron chi connectivity index (χ0n) is 16.1. The molecule has 1 atom stereocenters. The number of urea groups is 1. The van der Waals surface area contributed by atoms with Crippen LogP contribution in [0.4, 0.5) is 4.79 Å². The van der Waals surface area contributed by atoms with E-state index in [0.717, 1.165) is 15.7 Å². The van der Waals surface area contributed by atoms with E-state index in [1.54, 1.807) is 31.2 Å². The molecule has 1 aliphatic heterocycles. The highest BCUT2D eigenvalue weighted by Crippen LogP contribution is 2.34. The highest BCUT2D eigenvalue weighted by atomic mass is 16.5. The largest absolute Gasteiger partial charge is 0.497 e. The predicted octanol–water partition coefficient (Wildman–Crippen LogP) is 3.50. The van der Waals surface area contributed by atoms with E-state index < -0.39 is 17.5 Å². The first-order chi connectivity index (χ1) is 13.9. The third-order valence-electron chi connectivity index (χ3n) is 5.30. The maximum atomic E-state index is 13.2. The SMILES string of the molecule is COc1cccc(C(=O)CN2C(=O)NC(C)(c3cccc4ccccc34)C2=O)c1. The first-order valence-corrected chi connectivity index (χ1v) is 9.23. The molecule has 1 saturated heterocycles. The molecule has 3 aromatic rings. The Morgan fingerprint density at radius 1 is 1.03 bits per heavy atom. The smallest absolute Gasteiger partial charge is 0.325 e. The lowest BCUT2D eigenvalue weighted by Crippen LogP contribution is -2.41. The van der Waals surface area contributed by atoms with Gasteiger partial charge in [-0.2, -0.15) is 0 Å². The highest BCUT2D eigenvalue weighted by molar-refractivity contribution is 6.12. The third kappa shape index (κ3) is 3.12. The molecule has 29 heavy (non-hydrogen) atoms. The van der Waals surface area contributed by atoms with E-state index in [2.05, 4.69) is 5.32 Å². The van der Waals surface area contributed by atoms with Gasteiger partial charge in [-0.15, -0.1) is 0 Å². The van der Waals surface area contributed by atoms with Crippen molar-refractivity contribution in [3.63, 3.8) is 0 Å². The number of benzene rings is 3. The summed E-state index contributed by atoms with van der Waals surface area (Å²) in [4.78, 5) is 39.5. The first-order valence-electron chi connectivity index (χ1n) is 9.23. The van der Waals surface area contributed by atoms with Crippen molar-refractivity contribution in [1.82, 2.24) is 10.2 Å². The van der Waals surface area contributed by atoms with Gasteiger partial charge in [0.1, 0.15) is 11.3 Å². The molecule has 1 N–H and O–H groups in total. The Labute approximate surface area is 168 Å². The van der Waals surface area contributed by atoms with Gasteiger partial charge in [0, 0.05) is 5.56 Å². The average molecular weight is 388 g/mol. The number of ketones is 1. The molecule has 0 saturated carbocycles. The number of carbonyl (C=O) groups is 3. The first kappa shape index (κ1) is 18.7. The van der Waals surface area contributed by atoms with Gasteiger partial charge in [-0.25, -0.2) is 4.79 Å². The minimum Gasteiger partial charge on any atom is -0.497 e. The summed E-state index contributed by atoms with van der Waals surface area (Å²) in [6.07, 6.45) is 0. The summed E-state index contributed by atoms with van der Waals surface area (Å²) in [6.45, 7) is 1.34. The van der Waals surface area contributed by atoms with Gasteiger partial charge in [-0.3, -0.25) is 14.5 Å². The topological polar surface area (TPSA) is 75.7 Å². The Morgan fingerprint density at radius 3 is 2.55 bits per heavy atom. The molecule has 0 radical (unpaired) electrons. The molecule has 0 aromatic heterocycles. The van der Waals surface area contributed by atoms with Crippen LogP contribution in [-0.2, 0) is 10.3 Å². The van der Waals surface area contributed by atoms with E-state index in [9.17, 15) is 14.4 Å². The van der Waals surface area contributed by atoms with E-state index in [-0.39, 0.29) is 12.3 Å². The Bertz CT molecular complexity index is 1140. The Balaban J connectivity index is 1.65. The fourth-order valence-corrected chi connectivity index (χ4v) is 3.72. The van der Waals surface area contributed by atoms with Crippen molar-refractivity contribution in [2.45, 2.75) is 12.5 Å². The molecule has 1 fully saturated rings. The number of nitrogens with one attached hydrogen (secondary N) is 1. The zero-order valence-corrected chi connectivity index (χ0v) is 16.1. The maximum Gasteiger partial charge on any atom is 0.325 e. The van der Waals surface area contributed by atoms with E-state index in [4.69, 9.17) is 4.74 Å². The molecule has 146 valence electrons. The number of fused-ring (bicyclic) bond motifs is 1. The average Bonchev–Trinajstić information content (AvgIpc) is 2.97. The minimum absolute atomic E-state index is 0.335. The molecule has 0 spiro atoms. The van der Waals surface area contributed by atoms with Gasteiger partial charge >= 0.3 is 6.03 Å². The van der Waals surface area contributed by atoms with Gasteiger partial charge in [-0.05, 0) is 35.4 Å². The number of rotatable bonds is 5. The van der Waals surface area contributed by atoms with Gasteiger partial charge in [0.05, 0.1) is 13.7 Å². The van der Waals surface area contributed by atoms with Crippen LogP contribution in [0.5, 0.6) is 5.75 Å². The van der Waals surface area contributed by atoms with Gasteiger partial charge in [0.2, 0.25) is 0 Å². The highest BCUT2D eigenvalue weighted by Gasteiger charge is 2.50. The summed E-state index contributed by atoms with van der Waals surface area (Å²) in [5.74, 6) is -0.252. The van der Waals surface area contributed by atoms with Crippen molar-refractivity contribution in [2.75, 3.05) is 13.7 Å². The van der Waals surface area contributed by atoms with Crippen LogP contribution in [0.3, 0.4) is 0 Å². The molecule has 3 amide bonds. The Hall–Kier alpha value is -3.67. The number of hydrogen-bond acceptors (Lipinski definition) is 4. The van der Waals surface area contributed by atoms with Gasteiger partial charge < -0.3 is 10.1 Å². The number of amides is 3. The van der Waals surface area contributed by atoms with Crippen LogP contribution in [0, 0.1) is 0 Å². The molecular formula is C23H20N2O4. The number of nitrogens with zero attached hydrogens (tertiary/aromatic N) is 1. The normalized spacial score (nSPS) is 18.8. The monoisotopic (exact) mass is 388 g/mol. The fourth-order valence-electron chi connectivity index (χ4n) is 3.72. The predicted molar refractivity (Wildman–Crippen MR) is 109 cm³/mol. The van der Waals surface area contributed by atoms with Gasteiger partial charge in [0.25, 0.3) is 5.91 Å². The number of hydrogen-bond donors (Lipinski definition) is 1. The second kappa shape index (κ2) is 7.05. The third-order valence-corrected chi connectivity index (χ3v) is 5.30. The van der Waals surface area contributed by atoms with Crippen molar-refractivity contribution >= 4 is 28.5 Å². The van der Waals surface area contributed by atoms with Crippen LogP contribution < -0.4 is 10.1 Å². The quantitative estimate of drug-likeness (QED) is 0.536. The van der Waals surface area contributed by atoms with Crippen LogP contribution in [0.15, 0.2) is 66.7 Å². The molecule has 1 unspecified atom stereocenters. The van der Waals surface area contributed by atoms with Gasteiger partial charge in [0.15, 0.2) is 5.78 Å². The molecule has 6 nitrogen and oxygen atoms in total. The second-order valence-corrected chi connectivity index (χ2v) is 7.13. The number of Topliss-reactive ketones (excluding diaryl/α,β-unsaturated/α-hetero) is 1. The summed E-state index contributed by atoms with van der Waals surface area (Å²) in [5, 5.41) is 4.63. The van der Waals surface area contributed by atoms with Crippen molar-refractivity contribution in [3.8, 4) is 5.75 Å². The summed E-state index contributed by atoms with van der Waals surface area (Å²) in [5.41, 5.74) is -0.166. The van der Waals surface area contributed by atoms with Crippen molar-refractivity contribution in [2.24, 2.45) is 0 Å². The summed E-state index contributed by atoms with van der Waals surface area (Å²) in [7, 11) is 1.51. The number of methoxy groups -OCH3 is 1. The molecule has 1 aliphatic rings. The van der Waals surface area contributed by atoms with Crippen LogP contribution >= 0.6 is 0 Å². The molecule has 0 aliphatic carbocycles. The maximum absolute atomic E-state index is 13.2. The number of ether oxygens (including phenoxy) is 1. The summed E-state index contributed by atoms with van der Waals surface area (Å²) in [6, 6.07) is 19.4. The fraction of sp³-hybridized carbons (Fsp3) is 0.174. The molecule has 6 heteroatoms. The Morgan fingerprint density at radius 2 is 1.76 bits per heavy atom. The summed E-state index contributed by atoms with van der Waals surface area (Å²) >= 11 is 0. The number of imide groups is 1. The standard InChI is InChI=1S/C23H20N2O4/c1-23(19-12-6-8-15-7-3-4-11-18(15)19)21(27)25(22(28)24-23)14-20(26)16-9-5-10-17(13-16)29-2/h3-13H,14H2,1-2H3,(H,24,28). The van der Waals surface area contributed by atoms with E-state index >= 15 is 0 Å². The zero-order chi connectivity index (χ0) is 20.6.